The van der Waals surface area contributed by atoms with Crippen LogP contribution in [-0.2, 0) is 11.3 Å². The predicted octanol–water partition coefficient (Wildman–Crippen LogP) is 0.962. The molecule has 3 rings (SSSR count). The molecule has 3 heterocycles. The molecule has 9 heteroatoms. The zero-order valence-electron chi connectivity index (χ0n) is 11.4. The van der Waals surface area contributed by atoms with Crippen molar-refractivity contribution in [1.82, 2.24) is 29.9 Å². The van der Waals surface area contributed by atoms with Crippen LogP contribution in [0.25, 0.3) is 11.6 Å². The smallest absolute Gasteiger partial charge is 0.227 e. The molecule has 20 heavy (non-hydrogen) atoms. The molecule has 1 aliphatic rings. The number of aromatic nitrogens is 6. The predicted molar refractivity (Wildman–Crippen MR) is 73.7 cm³/mol. The van der Waals surface area contributed by atoms with Gasteiger partial charge in [0.15, 0.2) is 0 Å². The Bertz CT molecular complexity index is 595. The lowest BCUT2D eigenvalue weighted by Crippen LogP contribution is -2.42. The first-order valence-electron chi connectivity index (χ1n) is 6.57. The molecule has 8 nitrogen and oxygen atoms in total. The molecule has 1 atom stereocenters. The summed E-state index contributed by atoms with van der Waals surface area (Å²) >= 11 is 5.77. The van der Waals surface area contributed by atoms with E-state index < -0.39 is 0 Å². The molecule has 1 fully saturated rings. The molecule has 0 saturated carbocycles. The summed E-state index contributed by atoms with van der Waals surface area (Å²) in [5, 5.41) is 15.4. The molecule has 0 amide bonds. The van der Waals surface area contributed by atoms with Gasteiger partial charge in [-0.25, -0.2) is 5.10 Å². The van der Waals surface area contributed by atoms with Gasteiger partial charge in [-0.05, 0) is 25.4 Å². The Labute approximate surface area is 121 Å². The van der Waals surface area contributed by atoms with Crippen molar-refractivity contribution >= 4 is 17.5 Å². The van der Waals surface area contributed by atoms with E-state index in [9.17, 15) is 0 Å². The number of hydrogen-bond acceptors (Lipinski definition) is 6. The molecule has 2 aromatic rings. The van der Waals surface area contributed by atoms with Gasteiger partial charge in [0.2, 0.25) is 22.9 Å². The first kappa shape index (κ1) is 13.3. The zero-order chi connectivity index (χ0) is 14.1. The molecular formula is C11H16ClN7O. The van der Waals surface area contributed by atoms with Gasteiger partial charge < -0.3 is 9.64 Å². The third kappa shape index (κ3) is 2.36. The maximum absolute atomic E-state index is 5.77. The molecule has 1 aliphatic heterocycles. The van der Waals surface area contributed by atoms with Gasteiger partial charge in [-0.15, -0.1) is 15.3 Å². The zero-order valence-corrected chi connectivity index (χ0v) is 12.1. The monoisotopic (exact) mass is 297 g/mol. The van der Waals surface area contributed by atoms with Crippen LogP contribution in [0.1, 0.15) is 13.8 Å². The van der Waals surface area contributed by atoms with E-state index in [4.69, 9.17) is 16.3 Å². The second kappa shape index (κ2) is 5.37. The van der Waals surface area contributed by atoms with Crippen molar-refractivity contribution in [2.24, 2.45) is 0 Å². The number of aromatic amines is 1. The summed E-state index contributed by atoms with van der Waals surface area (Å²) < 4.78 is 7.54. The van der Waals surface area contributed by atoms with Crippen LogP contribution in [0.3, 0.4) is 0 Å². The average Bonchev–Trinajstić information content (AvgIpc) is 3.04. The minimum atomic E-state index is 0.187. The average molecular weight is 298 g/mol. The highest BCUT2D eigenvalue weighted by molar-refractivity contribution is 6.28. The first-order chi connectivity index (χ1) is 9.69. The molecule has 0 spiro atoms. The largest absolute Gasteiger partial charge is 0.375 e. The van der Waals surface area contributed by atoms with Crippen LogP contribution >= 0.6 is 11.6 Å². The number of H-pyrrole nitrogens is 1. The lowest BCUT2D eigenvalue weighted by atomic mass is 10.3. The number of ether oxygens (including phenoxy) is 1. The van der Waals surface area contributed by atoms with E-state index in [-0.39, 0.29) is 11.4 Å². The van der Waals surface area contributed by atoms with Gasteiger partial charge in [0.05, 0.1) is 12.7 Å². The molecule has 1 saturated heterocycles. The summed E-state index contributed by atoms with van der Waals surface area (Å²) in [5.74, 6) is 1.89. The van der Waals surface area contributed by atoms with E-state index in [1.807, 2.05) is 11.5 Å². The van der Waals surface area contributed by atoms with Crippen molar-refractivity contribution < 1.29 is 4.74 Å². The number of rotatable bonds is 3. The molecule has 0 bridgehead atoms. The third-order valence-electron chi connectivity index (χ3n) is 3.23. The van der Waals surface area contributed by atoms with Gasteiger partial charge in [0.25, 0.3) is 0 Å². The third-order valence-corrected chi connectivity index (χ3v) is 3.40. The van der Waals surface area contributed by atoms with Gasteiger partial charge in [0, 0.05) is 19.6 Å². The minimum Gasteiger partial charge on any atom is -0.375 e. The summed E-state index contributed by atoms with van der Waals surface area (Å²) in [7, 11) is 0. The Morgan fingerprint density at radius 2 is 2.30 bits per heavy atom. The highest BCUT2D eigenvalue weighted by Crippen LogP contribution is 2.22. The van der Waals surface area contributed by atoms with Crippen molar-refractivity contribution in [3.63, 3.8) is 0 Å². The van der Waals surface area contributed by atoms with Gasteiger partial charge >= 0.3 is 0 Å². The van der Waals surface area contributed by atoms with E-state index in [0.29, 0.717) is 18.3 Å². The number of halogens is 1. The lowest BCUT2D eigenvalue weighted by molar-refractivity contribution is 0.0524. The normalized spacial score (nSPS) is 19.6. The van der Waals surface area contributed by atoms with Crippen LogP contribution in [0.2, 0.25) is 5.28 Å². The van der Waals surface area contributed by atoms with E-state index in [1.54, 1.807) is 0 Å². The summed E-state index contributed by atoms with van der Waals surface area (Å²) in [6.07, 6.45) is 0.187. The van der Waals surface area contributed by atoms with Gasteiger partial charge in [-0.1, -0.05) is 0 Å². The molecule has 2 aromatic heterocycles. The fourth-order valence-electron chi connectivity index (χ4n) is 2.33. The Kier molecular flexibility index (Phi) is 3.58. The van der Waals surface area contributed by atoms with Gasteiger partial charge in [0.1, 0.15) is 0 Å². The highest BCUT2D eigenvalue weighted by Gasteiger charge is 2.24. The number of anilines is 1. The van der Waals surface area contributed by atoms with Crippen molar-refractivity contribution in [2.75, 3.05) is 24.6 Å². The fraction of sp³-hybridized carbons (Fsp3) is 0.636. The summed E-state index contributed by atoms with van der Waals surface area (Å²) in [6, 6.07) is 0. The van der Waals surface area contributed by atoms with Gasteiger partial charge in [-0.3, -0.25) is 4.57 Å². The Morgan fingerprint density at radius 3 is 2.95 bits per heavy atom. The number of nitrogens with zero attached hydrogens (tertiary/aromatic N) is 6. The summed E-state index contributed by atoms with van der Waals surface area (Å²) in [5.41, 5.74) is 0. The number of nitrogens with one attached hydrogen (secondary N) is 1. The Balaban J connectivity index is 1.94. The fourth-order valence-corrected chi connectivity index (χ4v) is 2.45. The van der Waals surface area contributed by atoms with Crippen molar-refractivity contribution in [3.05, 3.63) is 5.28 Å². The van der Waals surface area contributed by atoms with E-state index in [1.165, 1.54) is 0 Å². The molecule has 1 N–H and O–H groups in total. The van der Waals surface area contributed by atoms with E-state index in [2.05, 4.69) is 37.2 Å². The topological polar surface area (TPSA) is 84.8 Å². The van der Waals surface area contributed by atoms with Crippen LogP contribution < -0.4 is 4.90 Å². The lowest BCUT2D eigenvalue weighted by Gasteiger charge is -2.31. The molecule has 1 unspecified atom stereocenters. The van der Waals surface area contributed by atoms with E-state index in [0.717, 1.165) is 25.6 Å². The summed E-state index contributed by atoms with van der Waals surface area (Å²) in [6.45, 7) is 7.11. The van der Waals surface area contributed by atoms with Crippen LogP contribution in [0.15, 0.2) is 0 Å². The second-order valence-corrected chi connectivity index (χ2v) is 5.00. The van der Waals surface area contributed by atoms with Crippen LogP contribution in [-0.4, -0.2) is 55.7 Å². The molecule has 0 aromatic carbocycles. The maximum Gasteiger partial charge on any atom is 0.227 e. The molecular weight excluding hydrogens is 282 g/mol. The quantitative estimate of drug-likeness (QED) is 0.908. The SMILES string of the molecule is CCn1c(-c2n[nH]c(Cl)n2)nnc1N1CCOC(C)C1. The van der Waals surface area contributed by atoms with E-state index >= 15 is 0 Å². The minimum absolute atomic E-state index is 0.187. The number of hydrogen-bond donors (Lipinski definition) is 1. The van der Waals surface area contributed by atoms with Crippen molar-refractivity contribution in [1.29, 1.82) is 0 Å². The Hall–Kier alpha value is -1.67. The van der Waals surface area contributed by atoms with Crippen molar-refractivity contribution in [2.45, 2.75) is 26.5 Å². The molecule has 0 radical (unpaired) electrons. The number of morpholine rings is 1. The standard InChI is InChI=1S/C11H16ClN7O/c1-3-19-9(8-13-10(12)16-14-8)15-17-11(19)18-4-5-20-7(2)6-18/h7H,3-6H2,1-2H3,(H,13,14,16). The highest BCUT2D eigenvalue weighted by atomic mass is 35.5. The van der Waals surface area contributed by atoms with Crippen molar-refractivity contribution in [3.8, 4) is 11.6 Å². The Morgan fingerprint density at radius 1 is 1.45 bits per heavy atom. The van der Waals surface area contributed by atoms with Crippen LogP contribution in [0, 0.1) is 0 Å². The van der Waals surface area contributed by atoms with Crippen LogP contribution in [0.4, 0.5) is 5.95 Å². The molecule has 0 aliphatic carbocycles. The van der Waals surface area contributed by atoms with Crippen LogP contribution in [0.5, 0.6) is 0 Å². The maximum atomic E-state index is 5.77. The second-order valence-electron chi connectivity index (χ2n) is 4.65. The van der Waals surface area contributed by atoms with Gasteiger partial charge in [-0.2, -0.15) is 4.98 Å². The molecule has 108 valence electrons. The first-order valence-corrected chi connectivity index (χ1v) is 6.95. The summed E-state index contributed by atoms with van der Waals surface area (Å²) in [4.78, 5) is 6.26.